The fourth-order valence-corrected chi connectivity index (χ4v) is 2.71. The van der Waals surface area contributed by atoms with E-state index in [1.165, 1.54) is 11.8 Å². The van der Waals surface area contributed by atoms with Crippen LogP contribution in [0.2, 0.25) is 0 Å². The smallest absolute Gasteiger partial charge is 0.316 e. The topological polar surface area (TPSA) is 75.6 Å². The number of aliphatic carboxylic acids is 1. The van der Waals surface area contributed by atoms with E-state index in [9.17, 15) is 9.59 Å². The van der Waals surface area contributed by atoms with Crippen molar-refractivity contribution < 1.29 is 19.4 Å². The third-order valence-corrected chi connectivity index (χ3v) is 4.15. The van der Waals surface area contributed by atoms with Crippen LogP contribution in [0.5, 0.6) is 0 Å². The molecule has 1 rings (SSSR count). The average molecular weight is 339 g/mol. The first kappa shape index (κ1) is 19.5. The first-order valence-electron chi connectivity index (χ1n) is 7.76. The standard InChI is InChI=1S/C17H25NO4S/c1-12(2)11-22-10-6-9-18-16(19)14-7-4-5-8-15(14)23-13(3)17(20)21/h4-5,7-8,12-13H,6,9-11H2,1-3H3,(H,18,19)(H,20,21). The summed E-state index contributed by atoms with van der Waals surface area (Å²) in [5, 5.41) is 11.2. The molecule has 1 aromatic carbocycles. The van der Waals surface area contributed by atoms with Gasteiger partial charge in [0.25, 0.3) is 5.91 Å². The van der Waals surface area contributed by atoms with Crippen LogP contribution in [0.1, 0.15) is 37.6 Å². The van der Waals surface area contributed by atoms with Crippen LogP contribution in [0.25, 0.3) is 0 Å². The van der Waals surface area contributed by atoms with Crippen LogP contribution < -0.4 is 5.32 Å². The first-order valence-corrected chi connectivity index (χ1v) is 8.64. The lowest BCUT2D eigenvalue weighted by Crippen LogP contribution is -2.26. The fraction of sp³-hybridized carbons (Fsp3) is 0.529. The van der Waals surface area contributed by atoms with Crippen molar-refractivity contribution in [2.45, 2.75) is 37.3 Å². The normalized spacial score (nSPS) is 12.2. The second kappa shape index (κ2) is 10.3. The van der Waals surface area contributed by atoms with E-state index in [1.54, 1.807) is 31.2 Å². The van der Waals surface area contributed by atoms with Gasteiger partial charge in [0.1, 0.15) is 5.25 Å². The summed E-state index contributed by atoms with van der Waals surface area (Å²) in [4.78, 5) is 23.9. The second-order valence-corrected chi connectivity index (χ2v) is 7.06. The number of rotatable bonds is 10. The summed E-state index contributed by atoms with van der Waals surface area (Å²) in [6.45, 7) is 7.66. The van der Waals surface area contributed by atoms with E-state index < -0.39 is 11.2 Å². The predicted molar refractivity (Wildman–Crippen MR) is 92.0 cm³/mol. The van der Waals surface area contributed by atoms with Gasteiger partial charge in [0.05, 0.1) is 5.56 Å². The lowest BCUT2D eigenvalue weighted by Gasteiger charge is -2.12. The van der Waals surface area contributed by atoms with E-state index in [0.717, 1.165) is 13.0 Å². The highest BCUT2D eigenvalue weighted by Gasteiger charge is 2.17. The lowest BCUT2D eigenvalue weighted by atomic mass is 10.2. The molecule has 0 radical (unpaired) electrons. The van der Waals surface area contributed by atoms with Gasteiger partial charge in [-0.3, -0.25) is 9.59 Å². The summed E-state index contributed by atoms with van der Waals surface area (Å²) in [6.07, 6.45) is 0.749. The molecule has 0 aliphatic rings. The Kier molecular flexibility index (Phi) is 8.73. The highest BCUT2D eigenvalue weighted by Crippen LogP contribution is 2.26. The molecular weight excluding hydrogens is 314 g/mol. The van der Waals surface area contributed by atoms with E-state index in [-0.39, 0.29) is 5.91 Å². The Bertz CT molecular complexity index is 519. The zero-order valence-electron chi connectivity index (χ0n) is 13.9. The molecule has 1 aromatic rings. The van der Waals surface area contributed by atoms with E-state index in [2.05, 4.69) is 19.2 Å². The highest BCUT2D eigenvalue weighted by molar-refractivity contribution is 8.00. The number of hydrogen-bond donors (Lipinski definition) is 2. The van der Waals surface area contributed by atoms with Gasteiger partial charge in [-0.1, -0.05) is 26.0 Å². The number of hydrogen-bond acceptors (Lipinski definition) is 4. The molecule has 1 unspecified atom stereocenters. The molecule has 0 spiro atoms. The third kappa shape index (κ3) is 7.52. The van der Waals surface area contributed by atoms with E-state index in [4.69, 9.17) is 9.84 Å². The summed E-state index contributed by atoms with van der Waals surface area (Å²) in [7, 11) is 0. The molecule has 0 saturated heterocycles. The summed E-state index contributed by atoms with van der Waals surface area (Å²) >= 11 is 1.17. The maximum absolute atomic E-state index is 12.2. The van der Waals surface area contributed by atoms with Crippen molar-refractivity contribution in [3.63, 3.8) is 0 Å². The minimum absolute atomic E-state index is 0.186. The number of amides is 1. The molecular formula is C17H25NO4S. The number of carboxylic acid groups (broad SMARTS) is 1. The molecule has 1 atom stereocenters. The Labute approximate surface area is 141 Å². The van der Waals surface area contributed by atoms with Crippen LogP contribution in [0.3, 0.4) is 0 Å². The molecule has 0 aromatic heterocycles. The number of carbonyl (C=O) groups is 2. The van der Waals surface area contributed by atoms with Gasteiger partial charge in [-0.25, -0.2) is 0 Å². The van der Waals surface area contributed by atoms with Crippen LogP contribution >= 0.6 is 11.8 Å². The Hall–Kier alpha value is -1.53. The van der Waals surface area contributed by atoms with E-state index in [0.29, 0.717) is 29.5 Å². The van der Waals surface area contributed by atoms with Crippen molar-refractivity contribution in [1.29, 1.82) is 0 Å². The number of carbonyl (C=O) groups excluding carboxylic acids is 1. The number of nitrogens with one attached hydrogen (secondary N) is 1. The lowest BCUT2D eigenvalue weighted by molar-refractivity contribution is -0.136. The molecule has 5 nitrogen and oxygen atoms in total. The maximum Gasteiger partial charge on any atom is 0.316 e. The molecule has 6 heteroatoms. The minimum Gasteiger partial charge on any atom is -0.480 e. The van der Waals surface area contributed by atoms with Crippen LogP contribution in [0, 0.1) is 5.92 Å². The van der Waals surface area contributed by atoms with Crippen LogP contribution in [-0.4, -0.2) is 42.0 Å². The van der Waals surface area contributed by atoms with Gasteiger partial charge in [0.2, 0.25) is 0 Å². The molecule has 1 amide bonds. The van der Waals surface area contributed by atoms with Crippen LogP contribution in [0.4, 0.5) is 0 Å². The Morgan fingerprint density at radius 1 is 1.26 bits per heavy atom. The van der Waals surface area contributed by atoms with Crippen molar-refractivity contribution in [3.8, 4) is 0 Å². The molecule has 0 fully saturated rings. The van der Waals surface area contributed by atoms with Gasteiger partial charge in [0, 0.05) is 24.7 Å². The van der Waals surface area contributed by atoms with Crippen LogP contribution in [0.15, 0.2) is 29.2 Å². The van der Waals surface area contributed by atoms with Crippen molar-refractivity contribution in [3.05, 3.63) is 29.8 Å². The molecule has 128 valence electrons. The number of thioether (sulfide) groups is 1. The predicted octanol–water partition coefficient (Wildman–Crippen LogP) is 3.04. The van der Waals surface area contributed by atoms with E-state index in [1.807, 2.05) is 0 Å². The highest BCUT2D eigenvalue weighted by atomic mass is 32.2. The molecule has 0 aliphatic carbocycles. The maximum atomic E-state index is 12.2. The summed E-state index contributed by atoms with van der Waals surface area (Å²) in [6, 6.07) is 7.05. The van der Waals surface area contributed by atoms with Gasteiger partial charge >= 0.3 is 5.97 Å². The Morgan fingerprint density at radius 2 is 1.96 bits per heavy atom. The Morgan fingerprint density at radius 3 is 2.61 bits per heavy atom. The zero-order valence-corrected chi connectivity index (χ0v) is 14.7. The molecule has 0 heterocycles. The van der Waals surface area contributed by atoms with Gasteiger partial charge in [-0.2, -0.15) is 0 Å². The quantitative estimate of drug-likeness (QED) is 0.506. The first-order chi connectivity index (χ1) is 10.9. The molecule has 0 bridgehead atoms. The number of carboxylic acids is 1. The third-order valence-electron chi connectivity index (χ3n) is 2.99. The average Bonchev–Trinajstić information content (AvgIpc) is 2.50. The van der Waals surface area contributed by atoms with Gasteiger partial charge in [-0.05, 0) is 31.4 Å². The molecule has 23 heavy (non-hydrogen) atoms. The monoisotopic (exact) mass is 339 g/mol. The zero-order chi connectivity index (χ0) is 17.2. The molecule has 2 N–H and O–H groups in total. The summed E-state index contributed by atoms with van der Waals surface area (Å²) in [5.74, 6) is -0.577. The summed E-state index contributed by atoms with van der Waals surface area (Å²) in [5.41, 5.74) is 0.508. The summed E-state index contributed by atoms with van der Waals surface area (Å²) < 4.78 is 5.46. The van der Waals surface area contributed by atoms with Crippen molar-refractivity contribution >= 4 is 23.6 Å². The van der Waals surface area contributed by atoms with Crippen molar-refractivity contribution in [1.82, 2.24) is 5.32 Å². The SMILES string of the molecule is CC(C)COCCCNC(=O)c1ccccc1SC(C)C(=O)O. The van der Waals surface area contributed by atoms with Crippen LogP contribution in [-0.2, 0) is 9.53 Å². The minimum atomic E-state index is -0.896. The van der Waals surface area contributed by atoms with Crippen molar-refractivity contribution in [2.24, 2.45) is 5.92 Å². The van der Waals surface area contributed by atoms with Gasteiger partial charge in [0.15, 0.2) is 0 Å². The largest absolute Gasteiger partial charge is 0.480 e. The van der Waals surface area contributed by atoms with E-state index >= 15 is 0 Å². The number of benzene rings is 1. The fourth-order valence-electron chi connectivity index (χ4n) is 1.79. The van der Waals surface area contributed by atoms with Gasteiger partial charge < -0.3 is 15.2 Å². The second-order valence-electron chi connectivity index (χ2n) is 5.67. The van der Waals surface area contributed by atoms with Gasteiger partial charge in [-0.15, -0.1) is 11.8 Å². The Balaban J connectivity index is 2.48. The number of ether oxygens (including phenoxy) is 1. The van der Waals surface area contributed by atoms with Crippen molar-refractivity contribution in [2.75, 3.05) is 19.8 Å². The molecule has 0 aliphatic heterocycles. The molecule has 0 saturated carbocycles.